The molecule has 0 aliphatic carbocycles. The first-order valence-electron chi connectivity index (χ1n) is 6.30. The van der Waals surface area contributed by atoms with Crippen LogP contribution >= 0.6 is 0 Å². The summed E-state index contributed by atoms with van der Waals surface area (Å²) in [7, 11) is 0. The third-order valence-electron chi connectivity index (χ3n) is 2.85. The number of carbonyl (C=O) groups is 2. The lowest BCUT2D eigenvalue weighted by molar-refractivity contribution is -0.143. The maximum Gasteiger partial charge on any atom is 0.306 e. The topological polar surface area (TPSA) is 43.4 Å². The summed E-state index contributed by atoms with van der Waals surface area (Å²) in [4.78, 5) is 23.2. The summed E-state index contributed by atoms with van der Waals surface area (Å²) in [6.45, 7) is 6.34. The minimum atomic E-state index is -0.297. The van der Waals surface area contributed by atoms with Crippen LogP contribution in [0.4, 0.5) is 0 Å². The third-order valence-corrected chi connectivity index (χ3v) is 2.85. The lowest BCUT2D eigenvalue weighted by Gasteiger charge is -2.05. The molecule has 1 aromatic carbocycles. The van der Waals surface area contributed by atoms with Crippen LogP contribution in [0.2, 0.25) is 0 Å². The fourth-order valence-electron chi connectivity index (χ4n) is 1.56. The van der Waals surface area contributed by atoms with Gasteiger partial charge in [0, 0.05) is 12.0 Å². The lowest BCUT2D eigenvalue weighted by Crippen LogP contribution is -2.09. The van der Waals surface area contributed by atoms with Crippen LogP contribution in [0, 0.1) is 13.8 Å². The van der Waals surface area contributed by atoms with Gasteiger partial charge in [0.25, 0.3) is 0 Å². The summed E-state index contributed by atoms with van der Waals surface area (Å²) in [5.74, 6) is -0.305. The molecule has 18 heavy (non-hydrogen) atoms. The molecule has 0 fully saturated rings. The Kier molecular flexibility index (Phi) is 5.56. The van der Waals surface area contributed by atoms with Gasteiger partial charge in [0.1, 0.15) is 0 Å². The van der Waals surface area contributed by atoms with Crippen molar-refractivity contribution in [2.24, 2.45) is 0 Å². The van der Waals surface area contributed by atoms with Gasteiger partial charge in [0.05, 0.1) is 13.0 Å². The SMILES string of the molecule is CCCOC(=O)CCC(=O)c1ccc(C)c(C)c1. The molecule has 0 aliphatic rings. The van der Waals surface area contributed by atoms with Crippen LogP contribution in [-0.2, 0) is 9.53 Å². The molecule has 98 valence electrons. The Morgan fingerprint density at radius 3 is 2.44 bits per heavy atom. The second-order valence-electron chi connectivity index (χ2n) is 4.44. The zero-order chi connectivity index (χ0) is 13.5. The van der Waals surface area contributed by atoms with Crippen molar-refractivity contribution in [1.82, 2.24) is 0 Å². The second-order valence-corrected chi connectivity index (χ2v) is 4.44. The standard InChI is InChI=1S/C15H20O3/c1-4-9-18-15(17)8-7-14(16)13-6-5-11(2)12(3)10-13/h5-6,10H,4,7-9H2,1-3H3. The van der Waals surface area contributed by atoms with Gasteiger partial charge in [-0.2, -0.15) is 0 Å². The van der Waals surface area contributed by atoms with E-state index in [9.17, 15) is 9.59 Å². The summed E-state index contributed by atoms with van der Waals surface area (Å²) in [6, 6.07) is 5.61. The number of Topliss-reactive ketones (excluding diaryl/α,β-unsaturated/α-hetero) is 1. The van der Waals surface area contributed by atoms with Crippen molar-refractivity contribution in [3.8, 4) is 0 Å². The maximum absolute atomic E-state index is 11.9. The molecular weight excluding hydrogens is 228 g/mol. The number of hydrogen-bond acceptors (Lipinski definition) is 3. The van der Waals surface area contributed by atoms with Gasteiger partial charge in [0.2, 0.25) is 0 Å². The van der Waals surface area contributed by atoms with Gasteiger partial charge in [-0.15, -0.1) is 0 Å². The average molecular weight is 248 g/mol. The molecule has 0 N–H and O–H groups in total. The van der Waals surface area contributed by atoms with Crippen molar-refractivity contribution in [3.05, 3.63) is 34.9 Å². The number of benzene rings is 1. The Morgan fingerprint density at radius 2 is 1.83 bits per heavy atom. The molecule has 1 rings (SSSR count). The van der Waals surface area contributed by atoms with Gasteiger partial charge in [-0.05, 0) is 37.5 Å². The van der Waals surface area contributed by atoms with E-state index >= 15 is 0 Å². The van der Waals surface area contributed by atoms with Gasteiger partial charge in [-0.1, -0.05) is 19.1 Å². The molecule has 0 bridgehead atoms. The number of aryl methyl sites for hydroxylation is 2. The number of ketones is 1. The van der Waals surface area contributed by atoms with Crippen molar-refractivity contribution in [1.29, 1.82) is 0 Å². The number of ether oxygens (including phenoxy) is 1. The first-order chi connectivity index (χ1) is 8.54. The molecule has 3 heteroatoms. The first kappa shape index (κ1) is 14.4. The van der Waals surface area contributed by atoms with Crippen LogP contribution in [0.5, 0.6) is 0 Å². The van der Waals surface area contributed by atoms with E-state index in [1.54, 1.807) is 0 Å². The van der Waals surface area contributed by atoms with Gasteiger partial charge >= 0.3 is 5.97 Å². The fourth-order valence-corrected chi connectivity index (χ4v) is 1.56. The van der Waals surface area contributed by atoms with Gasteiger partial charge < -0.3 is 4.74 Å². The van der Waals surface area contributed by atoms with Gasteiger partial charge in [0.15, 0.2) is 5.78 Å². The highest BCUT2D eigenvalue weighted by Crippen LogP contribution is 2.12. The van der Waals surface area contributed by atoms with Crippen LogP contribution in [0.3, 0.4) is 0 Å². The van der Waals surface area contributed by atoms with E-state index in [0.29, 0.717) is 12.2 Å². The molecule has 0 aromatic heterocycles. The minimum Gasteiger partial charge on any atom is -0.466 e. The van der Waals surface area contributed by atoms with E-state index in [0.717, 1.165) is 17.5 Å². The highest BCUT2D eigenvalue weighted by atomic mass is 16.5. The summed E-state index contributed by atoms with van der Waals surface area (Å²) in [5, 5.41) is 0. The van der Waals surface area contributed by atoms with Crippen molar-refractivity contribution in [2.45, 2.75) is 40.0 Å². The van der Waals surface area contributed by atoms with Gasteiger partial charge in [-0.3, -0.25) is 9.59 Å². The molecule has 0 atom stereocenters. The van der Waals surface area contributed by atoms with E-state index in [1.807, 2.05) is 39.0 Å². The first-order valence-corrected chi connectivity index (χ1v) is 6.30. The summed E-state index contributed by atoms with van der Waals surface area (Å²) in [5.41, 5.74) is 2.92. The minimum absolute atomic E-state index is 0.00783. The zero-order valence-corrected chi connectivity index (χ0v) is 11.3. The molecule has 0 saturated carbocycles. The van der Waals surface area contributed by atoms with E-state index in [1.165, 1.54) is 0 Å². The average Bonchev–Trinajstić information content (AvgIpc) is 2.36. The molecule has 3 nitrogen and oxygen atoms in total. The van der Waals surface area contributed by atoms with Crippen LogP contribution in [0.1, 0.15) is 47.7 Å². The second kappa shape index (κ2) is 6.94. The van der Waals surface area contributed by atoms with Crippen molar-refractivity contribution in [3.63, 3.8) is 0 Å². The third kappa shape index (κ3) is 4.32. The molecule has 1 aromatic rings. The molecule has 0 aliphatic heterocycles. The van der Waals surface area contributed by atoms with E-state index in [2.05, 4.69) is 0 Å². The van der Waals surface area contributed by atoms with Crippen LogP contribution < -0.4 is 0 Å². The number of carbonyl (C=O) groups excluding carboxylic acids is 2. The van der Waals surface area contributed by atoms with Crippen LogP contribution in [0.15, 0.2) is 18.2 Å². The normalized spacial score (nSPS) is 10.2. The van der Waals surface area contributed by atoms with E-state index < -0.39 is 0 Å². The quantitative estimate of drug-likeness (QED) is 0.573. The highest BCUT2D eigenvalue weighted by molar-refractivity contribution is 5.97. The molecule has 0 heterocycles. The molecule has 0 unspecified atom stereocenters. The summed E-state index contributed by atoms with van der Waals surface area (Å²) in [6.07, 6.45) is 1.17. The Morgan fingerprint density at radius 1 is 1.11 bits per heavy atom. The highest BCUT2D eigenvalue weighted by Gasteiger charge is 2.10. The lowest BCUT2D eigenvalue weighted by atomic mass is 10.0. The Balaban J connectivity index is 2.50. The number of esters is 1. The molecule has 0 radical (unpaired) electrons. The van der Waals surface area contributed by atoms with Crippen molar-refractivity contribution in [2.75, 3.05) is 6.61 Å². The summed E-state index contributed by atoms with van der Waals surface area (Å²) < 4.78 is 4.93. The monoisotopic (exact) mass is 248 g/mol. The Labute approximate surface area is 108 Å². The van der Waals surface area contributed by atoms with Gasteiger partial charge in [-0.25, -0.2) is 0 Å². The van der Waals surface area contributed by atoms with Crippen molar-refractivity contribution >= 4 is 11.8 Å². The molecular formula is C15H20O3. The maximum atomic E-state index is 11.9. The number of hydrogen-bond donors (Lipinski definition) is 0. The van der Waals surface area contributed by atoms with Crippen LogP contribution in [0.25, 0.3) is 0 Å². The van der Waals surface area contributed by atoms with E-state index in [-0.39, 0.29) is 24.6 Å². The largest absolute Gasteiger partial charge is 0.466 e. The predicted octanol–water partition coefficient (Wildman–Crippen LogP) is 3.22. The van der Waals surface area contributed by atoms with Crippen LogP contribution in [-0.4, -0.2) is 18.4 Å². The molecule has 0 amide bonds. The smallest absolute Gasteiger partial charge is 0.306 e. The Bertz CT molecular complexity index is 435. The molecule has 0 spiro atoms. The molecule has 0 saturated heterocycles. The predicted molar refractivity (Wildman–Crippen MR) is 70.7 cm³/mol. The fraction of sp³-hybridized carbons (Fsp3) is 0.467. The Hall–Kier alpha value is -1.64. The van der Waals surface area contributed by atoms with E-state index in [4.69, 9.17) is 4.74 Å². The van der Waals surface area contributed by atoms with Crippen molar-refractivity contribution < 1.29 is 14.3 Å². The number of rotatable bonds is 6. The summed E-state index contributed by atoms with van der Waals surface area (Å²) >= 11 is 0. The zero-order valence-electron chi connectivity index (χ0n) is 11.3.